The van der Waals surface area contributed by atoms with Crippen LogP contribution < -0.4 is 15.1 Å². The highest BCUT2D eigenvalue weighted by atomic mass is 35.5. The molecule has 1 aromatic carbocycles. The monoisotopic (exact) mass is 426 g/mol. The lowest BCUT2D eigenvalue weighted by molar-refractivity contribution is 0.143. The van der Waals surface area contributed by atoms with Gasteiger partial charge in [-0.05, 0) is 43.3 Å². The molecule has 1 aliphatic heterocycles. The molecule has 4 rings (SSSR count). The average molecular weight is 427 g/mol. The van der Waals surface area contributed by atoms with Crippen molar-refractivity contribution in [3.63, 3.8) is 0 Å². The Labute approximate surface area is 170 Å². The lowest BCUT2D eigenvalue weighted by Gasteiger charge is -2.23. The summed E-state index contributed by atoms with van der Waals surface area (Å²) in [5, 5.41) is 9.13. The van der Waals surface area contributed by atoms with Gasteiger partial charge in [-0.25, -0.2) is 9.18 Å². The second kappa shape index (κ2) is 7.48. The number of fused-ring (bicyclic) bond motifs is 1. The number of halogens is 2. The van der Waals surface area contributed by atoms with Crippen LogP contribution in [-0.2, 0) is 0 Å². The van der Waals surface area contributed by atoms with Crippen LogP contribution in [-0.4, -0.2) is 40.9 Å². The fraction of sp³-hybridized carbons (Fsp3) is 0.474. The minimum absolute atomic E-state index is 0.0387. The van der Waals surface area contributed by atoms with Crippen LogP contribution in [0.2, 0.25) is 5.02 Å². The molecule has 1 aliphatic carbocycles. The van der Waals surface area contributed by atoms with Crippen molar-refractivity contribution in [3.8, 4) is 5.75 Å². The molecule has 9 heteroatoms. The lowest BCUT2D eigenvalue weighted by atomic mass is 10.1. The molecule has 150 valence electrons. The van der Waals surface area contributed by atoms with Crippen LogP contribution in [0, 0.1) is 11.7 Å². The Morgan fingerprint density at radius 3 is 2.82 bits per heavy atom. The molecule has 2 aromatic rings. The third-order valence-electron chi connectivity index (χ3n) is 5.29. The number of ether oxygens (including phenoxy) is 1. The number of carbonyl (C=O) groups is 1. The van der Waals surface area contributed by atoms with Crippen molar-refractivity contribution in [1.29, 1.82) is 0 Å². The number of anilines is 1. The zero-order valence-electron chi connectivity index (χ0n) is 15.3. The highest BCUT2D eigenvalue weighted by Crippen LogP contribution is 2.43. The second-order valence-corrected chi connectivity index (χ2v) is 8.59. The third-order valence-corrected chi connectivity index (χ3v) is 6.46. The number of rotatable bonds is 5. The maximum Gasteiger partial charge on any atom is 0.511 e. The summed E-state index contributed by atoms with van der Waals surface area (Å²) in [7, 11) is 0. The van der Waals surface area contributed by atoms with Gasteiger partial charge in [-0.15, -0.1) is 0 Å². The SMILES string of the molecule is CSCC1CCN(c2c(F)cc3c(=O)c(OC(=O)O)cn(C4CC4)c3c2Cl)C1. The Bertz CT molecular complexity index is 1010. The van der Waals surface area contributed by atoms with E-state index in [0.717, 1.165) is 37.6 Å². The predicted octanol–water partition coefficient (Wildman–Crippen LogP) is 4.38. The molecule has 1 aromatic heterocycles. The van der Waals surface area contributed by atoms with E-state index in [2.05, 4.69) is 11.0 Å². The molecule has 1 atom stereocenters. The number of carboxylic acid groups (broad SMARTS) is 1. The van der Waals surface area contributed by atoms with Gasteiger partial charge in [0.05, 0.1) is 27.8 Å². The van der Waals surface area contributed by atoms with E-state index in [-0.39, 0.29) is 22.2 Å². The molecule has 0 bridgehead atoms. The Morgan fingerprint density at radius 1 is 1.43 bits per heavy atom. The van der Waals surface area contributed by atoms with Gasteiger partial charge in [0, 0.05) is 19.1 Å². The summed E-state index contributed by atoms with van der Waals surface area (Å²) >= 11 is 8.42. The number of nitrogens with zero attached hydrogens (tertiary/aromatic N) is 2. The molecule has 1 saturated carbocycles. The van der Waals surface area contributed by atoms with Crippen LogP contribution in [0.5, 0.6) is 5.75 Å². The van der Waals surface area contributed by atoms with Crippen LogP contribution in [0.1, 0.15) is 25.3 Å². The van der Waals surface area contributed by atoms with Crippen molar-refractivity contribution in [3.05, 3.63) is 33.3 Å². The minimum atomic E-state index is -1.58. The van der Waals surface area contributed by atoms with Crippen LogP contribution in [0.4, 0.5) is 14.9 Å². The molecule has 2 heterocycles. The molecule has 1 saturated heterocycles. The topological polar surface area (TPSA) is 71.8 Å². The van der Waals surface area contributed by atoms with Crippen molar-refractivity contribution in [1.82, 2.24) is 4.57 Å². The summed E-state index contributed by atoms with van der Waals surface area (Å²) in [6, 6.07) is 1.26. The minimum Gasteiger partial charge on any atom is -0.449 e. The number of hydrogen-bond donors (Lipinski definition) is 1. The Kier molecular flexibility index (Phi) is 5.18. The van der Waals surface area contributed by atoms with Gasteiger partial charge >= 0.3 is 6.16 Å². The lowest BCUT2D eigenvalue weighted by Crippen LogP contribution is -2.23. The predicted molar refractivity (Wildman–Crippen MR) is 109 cm³/mol. The molecule has 2 fully saturated rings. The van der Waals surface area contributed by atoms with Gasteiger partial charge in [-0.2, -0.15) is 11.8 Å². The third kappa shape index (κ3) is 3.43. The first-order valence-electron chi connectivity index (χ1n) is 9.12. The zero-order chi connectivity index (χ0) is 20.0. The summed E-state index contributed by atoms with van der Waals surface area (Å²) in [5.74, 6) is 0.565. The van der Waals surface area contributed by atoms with Crippen LogP contribution in [0.3, 0.4) is 0 Å². The standard InChI is InChI=1S/C19H20ClFN2O4S/c1-28-9-10-4-5-22(7-10)17-13(21)6-12-16(15(17)20)23(11-2-3-11)8-14(18(12)24)27-19(25)26/h6,8,10-11H,2-5,7,9H2,1H3,(H,25,26). The molecular weight excluding hydrogens is 407 g/mol. The molecular formula is C19H20ClFN2O4S. The van der Waals surface area contributed by atoms with E-state index in [4.69, 9.17) is 16.7 Å². The van der Waals surface area contributed by atoms with Gasteiger partial charge in [0.2, 0.25) is 5.43 Å². The van der Waals surface area contributed by atoms with Crippen molar-refractivity contribution in [2.24, 2.45) is 5.92 Å². The smallest absolute Gasteiger partial charge is 0.449 e. The first-order valence-corrected chi connectivity index (χ1v) is 10.9. The molecule has 1 N–H and O–H groups in total. The summed E-state index contributed by atoms with van der Waals surface area (Å²) < 4.78 is 21.4. The average Bonchev–Trinajstić information content (AvgIpc) is 3.38. The van der Waals surface area contributed by atoms with Crippen LogP contribution >= 0.6 is 23.4 Å². The van der Waals surface area contributed by atoms with Crippen molar-refractivity contribution in [2.45, 2.75) is 25.3 Å². The van der Waals surface area contributed by atoms with E-state index in [1.54, 1.807) is 16.3 Å². The maximum atomic E-state index is 15.0. The van der Waals surface area contributed by atoms with E-state index in [9.17, 15) is 9.59 Å². The van der Waals surface area contributed by atoms with Gasteiger partial charge in [-0.1, -0.05) is 11.6 Å². The zero-order valence-corrected chi connectivity index (χ0v) is 16.9. The number of aromatic nitrogens is 1. The van der Waals surface area contributed by atoms with E-state index in [0.29, 0.717) is 23.7 Å². The van der Waals surface area contributed by atoms with Gasteiger partial charge in [0.1, 0.15) is 5.82 Å². The number of benzene rings is 1. The van der Waals surface area contributed by atoms with Crippen LogP contribution in [0.25, 0.3) is 10.9 Å². The molecule has 2 aliphatic rings. The van der Waals surface area contributed by atoms with E-state index < -0.39 is 17.4 Å². The quantitative estimate of drug-likeness (QED) is 0.715. The fourth-order valence-electron chi connectivity index (χ4n) is 3.91. The number of thioether (sulfide) groups is 1. The fourth-order valence-corrected chi connectivity index (χ4v) is 5.06. The Balaban J connectivity index is 1.87. The van der Waals surface area contributed by atoms with Crippen molar-refractivity contribution >= 4 is 46.1 Å². The molecule has 28 heavy (non-hydrogen) atoms. The first kappa shape index (κ1) is 19.4. The Hall–Kier alpha value is -1.93. The van der Waals surface area contributed by atoms with Crippen molar-refractivity contribution in [2.75, 3.05) is 30.0 Å². The molecule has 1 unspecified atom stereocenters. The Morgan fingerprint density at radius 2 is 2.18 bits per heavy atom. The van der Waals surface area contributed by atoms with E-state index in [1.165, 1.54) is 6.20 Å². The van der Waals surface area contributed by atoms with E-state index in [1.807, 2.05) is 4.90 Å². The summed E-state index contributed by atoms with van der Waals surface area (Å²) in [5.41, 5.74) is 0.0819. The summed E-state index contributed by atoms with van der Waals surface area (Å²) in [6.07, 6.45) is 4.58. The number of pyridine rings is 1. The largest absolute Gasteiger partial charge is 0.511 e. The van der Waals surface area contributed by atoms with Gasteiger partial charge in [-0.3, -0.25) is 4.79 Å². The van der Waals surface area contributed by atoms with Gasteiger partial charge in [0.15, 0.2) is 5.75 Å². The summed E-state index contributed by atoms with van der Waals surface area (Å²) in [6.45, 7) is 1.43. The highest BCUT2D eigenvalue weighted by Gasteiger charge is 2.32. The van der Waals surface area contributed by atoms with Crippen LogP contribution in [0.15, 0.2) is 17.1 Å². The number of hydrogen-bond acceptors (Lipinski definition) is 5. The second-order valence-electron chi connectivity index (χ2n) is 7.30. The van der Waals surface area contributed by atoms with Crippen molar-refractivity contribution < 1.29 is 19.0 Å². The summed E-state index contributed by atoms with van der Waals surface area (Å²) in [4.78, 5) is 25.6. The maximum absolute atomic E-state index is 15.0. The first-order chi connectivity index (χ1) is 13.4. The molecule has 0 spiro atoms. The normalized spacial score (nSPS) is 19.4. The highest BCUT2D eigenvalue weighted by molar-refractivity contribution is 7.98. The molecule has 0 radical (unpaired) electrons. The van der Waals surface area contributed by atoms with Gasteiger partial charge in [0.25, 0.3) is 0 Å². The molecule has 6 nitrogen and oxygen atoms in total. The van der Waals surface area contributed by atoms with E-state index >= 15 is 4.39 Å². The van der Waals surface area contributed by atoms with Gasteiger partial charge < -0.3 is 19.3 Å². The molecule has 0 amide bonds.